The molecule has 0 amide bonds. The third-order valence-corrected chi connectivity index (χ3v) is 7.10. The van der Waals surface area contributed by atoms with Crippen molar-refractivity contribution in [3.63, 3.8) is 0 Å². The first-order valence-corrected chi connectivity index (χ1v) is 9.31. The van der Waals surface area contributed by atoms with Crippen molar-refractivity contribution in [2.45, 2.75) is 30.2 Å². The Labute approximate surface area is 128 Å². The summed E-state index contributed by atoms with van der Waals surface area (Å²) in [6, 6.07) is 7.47. The Morgan fingerprint density at radius 2 is 1.85 bits per heavy atom. The van der Waals surface area contributed by atoms with Crippen LogP contribution in [-0.2, 0) is 10.0 Å². The van der Waals surface area contributed by atoms with Gasteiger partial charge in [-0.3, -0.25) is 4.90 Å². The Hall–Kier alpha value is -0.430. The molecular formula is C14H19BrN2O2S. The van der Waals surface area contributed by atoms with Crippen LogP contribution in [-0.4, -0.2) is 49.8 Å². The van der Waals surface area contributed by atoms with Crippen molar-refractivity contribution in [3.05, 3.63) is 28.7 Å². The van der Waals surface area contributed by atoms with Gasteiger partial charge in [0.1, 0.15) is 0 Å². The Bertz CT molecular complexity index is 591. The van der Waals surface area contributed by atoms with Crippen LogP contribution in [0.25, 0.3) is 0 Å². The maximum atomic E-state index is 12.8. The van der Waals surface area contributed by atoms with Crippen molar-refractivity contribution in [2.24, 2.45) is 0 Å². The van der Waals surface area contributed by atoms with Gasteiger partial charge in [0.2, 0.25) is 10.0 Å². The van der Waals surface area contributed by atoms with Crippen molar-refractivity contribution >= 4 is 26.0 Å². The van der Waals surface area contributed by atoms with Crippen LogP contribution < -0.4 is 0 Å². The normalized spacial score (nSPS) is 25.4. The number of rotatable bonds is 2. The molecule has 0 aromatic heterocycles. The first-order chi connectivity index (χ1) is 9.59. The lowest BCUT2D eigenvalue weighted by atomic mass is 10.2. The molecule has 4 nitrogen and oxygen atoms in total. The van der Waals surface area contributed by atoms with Crippen molar-refractivity contribution in [1.82, 2.24) is 9.21 Å². The van der Waals surface area contributed by atoms with Crippen LogP contribution in [0.5, 0.6) is 0 Å². The summed E-state index contributed by atoms with van der Waals surface area (Å²) in [5.41, 5.74) is 0. The van der Waals surface area contributed by atoms with E-state index in [0.29, 0.717) is 28.5 Å². The summed E-state index contributed by atoms with van der Waals surface area (Å²) in [6.45, 7) is 3.39. The molecule has 0 aliphatic carbocycles. The zero-order valence-corrected chi connectivity index (χ0v) is 13.7. The number of fused-ring (bicyclic) bond motifs is 1. The van der Waals surface area contributed by atoms with E-state index >= 15 is 0 Å². The summed E-state index contributed by atoms with van der Waals surface area (Å²) in [6.07, 6.45) is 3.22. The van der Waals surface area contributed by atoms with E-state index in [1.54, 1.807) is 22.5 Å². The number of hydrogen-bond acceptors (Lipinski definition) is 3. The molecule has 1 aromatic carbocycles. The second-order valence-electron chi connectivity index (χ2n) is 5.48. The minimum atomic E-state index is -3.39. The smallest absolute Gasteiger partial charge is 0.244 e. The fourth-order valence-corrected chi connectivity index (χ4v) is 5.66. The monoisotopic (exact) mass is 358 g/mol. The Balaban J connectivity index is 1.89. The van der Waals surface area contributed by atoms with E-state index in [-0.39, 0.29) is 0 Å². The molecular weight excluding hydrogens is 340 g/mol. The fraction of sp³-hybridized carbons (Fsp3) is 0.571. The number of hydrogen-bond donors (Lipinski definition) is 0. The summed E-state index contributed by atoms with van der Waals surface area (Å²) in [5.74, 6) is 0. The predicted octanol–water partition coefficient (Wildman–Crippen LogP) is 2.31. The zero-order chi connectivity index (χ0) is 14.2. The lowest BCUT2D eigenvalue weighted by Gasteiger charge is -2.25. The van der Waals surface area contributed by atoms with E-state index in [1.807, 2.05) is 6.07 Å². The largest absolute Gasteiger partial charge is 0.299 e. The van der Waals surface area contributed by atoms with Gasteiger partial charge < -0.3 is 0 Å². The molecule has 2 saturated heterocycles. The molecule has 2 heterocycles. The van der Waals surface area contributed by atoms with Crippen LogP contribution in [0.1, 0.15) is 19.3 Å². The molecule has 0 bridgehead atoms. The first-order valence-electron chi connectivity index (χ1n) is 7.08. The lowest BCUT2D eigenvalue weighted by Crippen LogP contribution is -2.39. The molecule has 110 valence electrons. The molecule has 6 heteroatoms. The predicted molar refractivity (Wildman–Crippen MR) is 82.1 cm³/mol. The molecule has 2 aliphatic heterocycles. The molecule has 0 saturated carbocycles. The summed E-state index contributed by atoms with van der Waals surface area (Å²) in [5, 5.41) is 0. The van der Waals surface area contributed by atoms with E-state index in [0.717, 1.165) is 25.9 Å². The molecule has 1 atom stereocenters. The van der Waals surface area contributed by atoms with Crippen molar-refractivity contribution < 1.29 is 8.42 Å². The van der Waals surface area contributed by atoms with Crippen LogP contribution in [0.4, 0.5) is 0 Å². The molecule has 3 rings (SSSR count). The molecule has 0 N–H and O–H groups in total. The zero-order valence-electron chi connectivity index (χ0n) is 11.3. The summed E-state index contributed by atoms with van der Waals surface area (Å²) >= 11 is 3.36. The minimum Gasteiger partial charge on any atom is -0.299 e. The van der Waals surface area contributed by atoms with Gasteiger partial charge in [0.25, 0.3) is 0 Å². The number of sulfonamides is 1. The van der Waals surface area contributed by atoms with Gasteiger partial charge in [-0.2, -0.15) is 4.31 Å². The molecule has 0 radical (unpaired) electrons. The summed E-state index contributed by atoms with van der Waals surface area (Å²) in [7, 11) is -3.39. The van der Waals surface area contributed by atoms with Gasteiger partial charge in [0, 0.05) is 23.6 Å². The van der Waals surface area contributed by atoms with Gasteiger partial charge in [0.05, 0.1) is 4.90 Å². The maximum Gasteiger partial charge on any atom is 0.244 e. The second kappa shape index (κ2) is 5.75. The minimum absolute atomic E-state index is 0.381. The Kier molecular flexibility index (Phi) is 4.17. The van der Waals surface area contributed by atoms with Gasteiger partial charge in [-0.15, -0.1) is 0 Å². The average molecular weight is 359 g/mol. The third-order valence-electron chi connectivity index (χ3n) is 4.22. The molecule has 0 spiro atoms. The first kappa shape index (κ1) is 14.5. The van der Waals surface area contributed by atoms with E-state index < -0.39 is 10.0 Å². The number of benzene rings is 1. The second-order valence-corrected chi connectivity index (χ2v) is 8.24. The summed E-state index contributed by atoms with van der Waals surface area (Å²) < 4.78 is 28.0. The maximum absolute atomic E-state index is 12.8. The number of halogens is 1. The van der Waals surface area contributed by atoms with E-state index in [4.69, 9.17) is 0 Å². The average Bonchev–Trinajstić information content (AvgIpc) is 2.76. The highest BCUT2D eigenvalue weighted by molar-refractivity contribution is 9.10. The van der Waals surface area contributed by atoms with Gasteiger partial charge in [-0.1, -0.05) is 12.1 Å². The molecule has 2 aliphatic rings. The molecule has 1 unspecified atom stereocenters. The fourth-order valence-electron chi connectivity index (χ4n) is 3.18. The highest BCUT2D eigenvalue weighted by Crippen LogP contribution is 2.28. The van der Waals surface area contributed by atoms with E-state index in [9.17, 15) is 8.42 Å². The van der Waals surface area contributed by atoms with Gasteiger partial charge >= 0.3 is 0 Å². The number of nitrogens with zero attached hydrogens (tertiary/aromatic N) is 2. The van der Waals surface area contributed by atoms with E-state index in [2.05, 4.69) is 20.8 Å². The van der Waals surface area contributed by atoms with E-state index in [1.165, 1.54) is 6.42 Å². The van der Waals surface area contributed by atoms with Crippen LogP contribution in [0.15, 0.2) is 33.6 Å². The van der Waals surface area contributed by atoms with Gasteiger partial charge in [-0.05, 0) is 60.4 Å². The summed E-state index contributed by atoms with van der Waals surface area (Å²) in [4.78, 5) is 2.82. The van der Waals surface area contributed by atoms with Crippen molar-refractivity contribution in [1.29, 1.82) is 0 Å². The Morgan fingerprint density at radius 3 is 2.65 bits per heavy atom. The van der Waals surface area contributed by atoms with Gasteiger partial charge in [0.15, 0.2) is 0 Å². The lowest BCUT2D eigenvalue weighted by molar-refractivity contribution is 0.257. The van der Waals surface area contributed by atoms with Crippen LogP contribution in [0.2, 0.25) is 0 Å². The SMILES string of the molecule is O=S(=O)(c1ccccc1Br)N1CCCN2CCCC2C1. The molecule has 20 heavy (non-hydrogen) atoms. The standard InChI is InChI=1S/C14H19BrN2O2S/c15-13-6-1-2-7-14(13)20(18,19)17-10-4-9-16-8-3-5-12(16)11-17/h1-2,6-7,12H,3-5,8-11H2. The van der Waals surface area contributed by atoms with Crippen LogP contribution >= 0.6 is 15.9 Å². The molecule has 2 fully saturated rings. The quantitative estimate of drug-likeness (QED) is 0.814. The van der Waals surface area contributed by atoms with Gasteiger partial charge in [-0.25, -0.2) is 8.42 Å². The van der Waals surface area contributed by atoms with Crippen molar-refractivity contribution in [3.8, 4) is 0 Å². The van der Waals surface area contributed by atoms with Crippen LogP contribution in [0, 0.1) is 0 Å². The highest BCUT2D eigenvalue weighted by Gasteiger charge is 2.34. The third kappa shape index (κ3) is 2.66. The van der Waals surface area contributed by atoms with Crippen molar-refractivity contribution in [2.75, 3.05) is 26.2 Å². The molecule has 1 aromatic rings. The van der Waals surface area contributed by atoms with Crippen LogP contribution in [0.3, 0.4) is 0 Å². The Morgan fingerprint density at radius 1 is 1.10 bits per heavy atom. The topological polar surface area (TPSA) is 40.6 Å². The highest BCUT2D eigenvalue weighted by atomic mass is 79.9.